The Bertz CT molecular complexity index is 1190. The molecule has 7 nitrogen and oxygen atoms in total. The van der Waals surface area contributed by atoms with Crippen LogP contribution in [0.15, 0.2) is 40.1 Å². The fraction of sp³-hybridized carbons (Fsp3) is 0.188. The third-order valence-corrected chi connectivity index (χ3v) is 4.31. The van der Waals surface area contributed by atoms with E-state index in [9.17, 15) is 9.59 Å². The Morgan fingerprint density at radius 2 is 1.74 bits per heavy atom. The van der Waals surface area contributed by atoms with Crippen molar-refractivity contribution >= 4 is 22.1 Å². The minimum absolute atomic E-state index is 0.343. The number of nitrogens with zero attached hydrogens (tertiary/aromatic N) is 4. The first-order chi connectivity index (χ1) is 11.0. The standard InChI is InChI=1S/C16H15N5O2/c1-19-12-14(20(2)16(23)21(3)15(12)22)18-13(19)10-8-17-11-7-5-4-6-9(10)11/h4-8,17H,1-3H3. The Labute approximate surface area is 130 Å². The highest BCUT2D eigenvalue weighted by molar-refractivity contribution is 5.95. The van der Waals surface area contributed by atoms with E-state index < -0.39 is 0 Å². The van der Waals surface area contributed by atoms with Gasteiger partial charge in [0, 0.05) is 43.8 Å². The number of nitrogens with one attached hydrogen (secondary N) is 1. The average Bonchev–Trinajstić information content (AvgIpc) is 3.12. The molecule has 23 heavy (non-hydrogen) atoms. The zero-order chi connectivity index (χ0) is 16.3. The number of imidazole rings is 1. The van der Waals surface area contributed by atoms with Crippen LogP contribution in [-0.4, -0.2) is 23.7 Å². The molecule has 0 fully saturated rings. The van der Waals surface area contributed by atoms with Gasteiger partial charge in [-0.2, -0.15) is 0 Å². The molecule has 0 unspecified atom stereocenters. The summed E-state index contributed by atoms with van der Waals surface area (Å²) >= 11 is 0. The molecule has 0 aliphatic rings. The van der Waals surface area contributed by atoms with Gasteiger partial charge in [-0.25, -0.2) is 9.78 Å². The van der Waals surface area contributed by atoms with E-state index in [0.29, 0.717) is 17.0 Å². The van der Waals surface area contributed by atoms with Crippen LogP contribution in [0.5, 0.6) is 0 Å². The van der Waals surface area contributed by atoms with E-state index >= 15 is 0 Å². The number of aryl methyl sites for hydroxylation is 2. The van der Waals surface area contributed by atoms with E-state index in [0.717, 1.165) is 21.0 Å². The van der Waals surface area contributed by atoms with Gasteiger partial charge in [0.25, 0.3) is 5.56 Å². The number of fused-ring (bicyclic) bond motifs is 2. The van der Waals surface area contributed by atoms with Crippen LogP contribution in [0, 0.1) is 0 Å². The van der Waals surface area contributed by atoms with Gasteiger partial charge in [-0.1, -0.05) is 18.2 Å². The molecule has 0 spiro atoms. The van der Waals surface area contributed by atoms with Crippen molar-refractivity contribution < 1.29 is 0 Å². The molecule has 4 rings (SSSR count). The number of para-hydroxylation sites is 1. The lowest BCUT2D eigenvalue weighted by Gasteiger charge is -2.03. The smallest absolute Gasteiger partial charge is 0.332 e. The largest absolute Gasteiger partial charge is 0.360 e. The summed E-state index contributed by atoms with van der Waals surface area (Å²) in [6, 6.07) is 7.89. The van der Waals surface area contributed by atoms with Crippen LogP contribution < -0.4 is 11.2 Å². The zero-order valence-corrected chi connectivity index (χ0v) is 13.0. The zero-order valence-electron chi connectivity index (χ0n) is 13.0. The summed E-state index contributed by atoms with van der Waals surface area (Å²) < 4.78 is 4.24. The number of hydrogen-bond acceptors (Lipinski definition) is 3. The number of aromatic amines is 1. The number of rotatable bonds is 1. The third kappa shape index (κ3) is 1.67. The Kier molecular flexibility index (Phi) is 2.63. The first kappa shape index (κ1) is 13.6. The fourth-order valence-corrected chi connectivity index (χ4v) is 3.02. The van der Waals surface area contributed by atoms with Crippen molar-refractivity contribution in [1.82, 2.24) is 23.7 Å². The highest BCUT2D eigenvalue weighted by Gasteiger charge is 2.19. The van der Waals surface area contributed by atoms with Crippen LogP contribution in [0.1, 0.15) is 0 Å². The second-order valence-corrected chi connectivity index (χ2v) is 5.62. The predicted octanol–water partition coefficient (Wildman–Crippen LogP) is 1.12. The summed E-state index contributed by atoms with van der Waals surface area (Å²) in [5, 5.41) is 1.02. The molecular weight excluding hydrogens is 294 g/mol. The van der Waals surface area contributed by atoms with Gasteiger partial charge < -0.3 is 9.55 Å². The molecule has 116 valence electrons. The van der Waals surface area contributed by atoms with E-state index in [1.54, 1.807) is 18.7 Å². The molecule has 0 aliphatic heterocycles. The van der Waals surface area contributed by atoms with Gasteiger partial charge in [-0.15, -0.1) is 0 Å². The Hall–Kier alpha value is -3.09. The molecule has 0 atom stereocenters. The topological polar surface area (TPSA) is 77.6 Å². The lowest BCUT2D eigenvalue weighted by Crippen LogP contribution is -2.37. The molecule has 4 aromatic rings. The van der Waals surface area contributed by atoms with Crippen molar-refractivity contribution in [3.8, 4) is 11.4 Å². The van der Waals surface area contributed by atoms with Gasteiger partial charge in [-0.3, -0.25) is 13.9 Å². The number of benzene rings is 1. The molecule has 0 radical (unpaired) electrons. The summed E-state index contributed by atoms with van der Waals surface area (Å²) in [5.74, 6) is 0.649. The summed E-state index contributed by atoms with van der Waals surface area (Å²) in [7, 11) is 4.89. The van der Waals surface area contributed by atoms with E-state index in [1.807, 2.05) is 30.5 Å². The van der Waals surface area contributed by atoms with Gasteiger partial charge >= 0.3 is 5.69 Å². The summed E-state index contributed by atoms with van der Waals surface area (Å²) in [4.78, 5) is 32.3. The Morgan fingerprint density at radius 3 is 2.52 bits per heavy atom. The summed E-state index contributed by atoms with van der Waals surface area (Å²) in [6.07, 6.45) is 1.87. The van der Waals surface area contributed by atoms with E-state index in [2.05, 4.69) is 9.97 Å². The third-order valence-electron chi connectivity index (χ3n) is 4.31. The molecule has 1 N–H and O–H groups in total. The number of aromatic nitrogens is 5. The van der Waals surface area contributed by atoms with E-state index in [1.165, 1.54) is 11.6 Å². The molecule has 3 heterocycles. The summed E-state index contributed by atoms with van der Waals surface area (Å²) in [5.41, 5.74) is 1.97. The molecule has 0 saturated carbocycles. The van der Waals surface area contributed by atoms with Crippen molar-refractivity contribution in [2.24, 2.45) is 21.1 Å². The minimum atomic E-state index is -0.383. The van der Waals surface area contributed by atoms with E-state index in [-0.39, 0.29) is 11.2 Å². The average molecular weight is 309 g/mol. The van der Waals surface area contributed by atoms with Crippen molar-refractivity contribution in [3.05, 3.63) is 51.3 Å². The predicted molar refractivity (Wildman–Crippen MR) is 88.5 cm³/mol. The molecule has 0 aliphatic carbocycles. The minimum Gasteiger partial charge on any atom is -0.360 e. The maximum absolute atomic E-state index is 12.4. The molecule has 0 saturated heterocycles. The lowest BCUT2D eigenvalue weighted by atomic mass is 10.1. The summed E-state index contributed by atoms with van der Waals surface area (Å²) in [6.45, 7) is 0. The van der Waals surface area contributed by atoms with Crippen molar-refractivity contribution in [1.29, 1.82) is 0 Å². The molecular formula is C16H15N5O2. The lowest BCUT2D eigenvalue weighted by molar-refractivity contribution is 0.705. The van der Waals surface area contributed by atoms with Gasteiger partial charge in [0.05, 0.1) is 0 Å². The van der Waals surface area contributed by atoms with Gasteiger partial charge in [0.15, 0.2) is 11.2 Å². The highest BCUT2D eigenvalue weighted by Crippen LogP contribution is 2.28. The quantitative estimate of drug-likeness (QED) is 0.572. The Balaban J connectivity index is 2.16. The van der Waals surface area contributed by atoms with Crippen LogP contribution in [0.3, 0.4) is 0 Å². The molecule has 1 aromatic carbocycles. The fourth-order valence-electron chi connectivity index (χ4n) is 3.02. The monoisotopic (exact) mass is 309 g/mol. The number of H-pyrrole nitrogens is 1. The molecule has 7 heteroatoms. The van der Waals surface area contributed by atoms with Crippen molar-refractivity contribution in [2.45, 2.75) is 0 Å². The molecule has 3 aromatic heterocycles. The van der Waals surface area contributed by atoms with Crippen LogP contribution >= 0.6 is 0 Å². The second kappa shape index (κ2) is 4.45. The van der Waals surface area contributed by atoms with Crippen LogP contribution in [-0.2, 0) is 21.1 Å². The highest BCUT2D eigenvalue weighted by atomic mass is 16.2. The van der Waals surface area contributed by atoms with Crippen molar-refractivity contribution in [2.75, 3.05) is 0 Å². The van der Waals surface area contributed by atoms with Gasteiger partial charge in [-0.05, 0) is 6.07 Å². The number of hydrogen-bond donors (Lipinski definition) is 1. The van der Waals surface area contributed by atoms with Crippen LogP contribution in [0.2, 0.25) is 0 Å². The Morgan fingerprint density at radius 1 is 1.00 bits per heavy atom. The maximum Gasteiger partial charge on any atom is 0.332 e. The first-order valence-corrected chi connectivity index (χ1v) is 7.19. The normalized spacial score (nSPS) is 11.6. The molecule has 0 amide bonds. The van der Waals surface area contributed by atoms with Gasteiger partial charge in [0.1, 0.15) is 5.82 Å². The van der Waals surface area contributed by atoms with Gasteiger partial charge in [0.2, 0.25) is 0 Å². The van der Waals surface area contributed by atoms with Crippen LogP contribution in [0.25, 0.3) is 33.5 Å². The second-order valence-electron chi connectivity index (χ2n) is 5.62. The maximum atomic E-state index is 12.4. The van der Waals surface area contributed by atoms with Crippen LogP contribution in [0.4, 0.5) is 0 Å². The van der Waals surface area contributed by atoms with Crippen molar-refractivity contribution in [3.63, 3.8) is 0 Å². The SMILES string of the molecule is Cn1c(=O)c2c(nc(-c3c[nH]c4ccccc34)n2C)n(C)c1=O. The van der Waals surface area contributed by atoms with E-state index in [4.69, 9.17) is 0 Å². The molecule has 0 bridgehead atoms. The first-order valence-electron chi connectivity index (χ1n) is 7.19.